The molecule has 0 radical (unpaired) electrons. The van der Waals surface area contributed by atoms with Crippen molar-refractivity contribution in [2.24, 2.45) is 0 Å². The Morgan fingerprint density at radius 3 is 2.50 bits per heavy atom. The molecule has 2 heteroatoms. The van der Waals surface area contributed by atoms with Gasteiger partial charge in [0, 0.05) is 6.42 Å². The third-order valence-electron chi connectivity index (χ3n) is 3.75. The predicted octanol–water partition coefficient (Wildman–Crippen LogP) is 3.32. The molecule has 0 spiro atoms. The SMILES string of the molecule is c1cc2c(cc1-c1ccc3c(c1)OCC3)COC2. The summed E-state index contributed by atoms with van der Waals surface area (Å²) in [5.74, 6) is 1.05. The van der Waals surface area contributed by atoms with Crippen LogP contribution in [0.15, 0.2) is 36.4 Å². The molecule has 2 nitrogen and oxygen atoms in total. The van der Waals surface area contributed by atoms with Crippen molar-refractivity contribution < 1.29 is 9.47 Å². The zero-order valence-electron chi connectivity index (χ0n) is 10.1. The van der Waals surface area contributed by atoms with Gasteiger partial charge in [0.05, 0.1) is 19.8 Å². The van der Waals surface area contributed by atoms with E-state index in [0.717, 1.165) is 32.0 Å². The van der Waals surface area contributed by atoms with Gasteiger partial charge < -0.3 is 9.47 Å². The molecule has 2 aliphatic rings. The largest absolute Gasteiger partial charge is 0.493 e. The zero-order valence-corrected chi connectivity index (χ0v) is 10.1. The van der Waals surface area contributed by atoms with Crippen LogP contribution in [0, 0.1) is 0 Å². The van der Waals surface area contributed by atoms with Gasteiger partial charge in [0.1, 0.15) is 5.75 Å². The topological polar surface area (TPSA) is 18.5 Å². The van der Waals surface area contributed by atoms with Crippen molar-refractivity contribution in [3.05, 3.63) is 53.1 Å². The smallest absolute Gasteiger partial charge is 0.123 e. The summed E-state index contributed by atoms with van der Waals surface area (Å²) < 4.78 is 11.1. The third-order valence-corrected chi connectivity index (χ3v) is 3.75. The van der Waals surface area contributed by atoms with E-state index in [1.165, 1.54) is 27.8 Å². The van der Waals surface area contributed by atoms with E-state index < -0.39 is 0 Å². The third kappa shape index (κ3) is 1.53. The molecule has 90 valence electrons. The normalized spacial score (nSPS) is 16.2. The van der Waals surface area contributed by atoms with Gasteiger partial charge in [0.15, 0.2) is 0 Å². The van der Waals surface area contributed by atoms with E-state index in [2.05, 4.69) is 36.4 Å². The number of fused-ring (bicyclic) bond motifs is 2. The summed E-state index contributed by atoms with van der Waals surface area (Å²) in [6, 6.07) is 13.1. The molecule has 0 atom stereocenters. The lowest BCUT2D eigenvalue weighted by molar-refractivity contribution is 0.134. The van der Waals surface area contributed by atoms with Gasteiger partial charge in [-0.1, -0.05) is 24.3 Å². The van der Waals surface area contributed by atoms with E-state index in [4.69, 9.17) is 9.47 Å². The minimum atomic E-state index is 0.741. The molecule has 0 unspecified atom stereocenters. The molecule has 0 amide bonds. The highest BCUT2D eigenvalue weighted by molar-refractivity contribution is 5.68. The van der Waals surface area contributed by atoms with Crippen molar-refractivity contribution in [2.75, 3.05) is 6.61 Å². The minimum Gasteiger partial charge on any atom is -0.493 e. The predicted molar refractivity (Wildman–Crippen MR) is 69.6 cm³/mol. The quantitative estimate of drug-likeness (QED) is 0.758. The summed E-state index contributed by atoms with van der Waals surface area (Å²) in [5.41, 5.74) is 6.43. The first-order valence-electron chi connectivity index (χ1n) is 6.36. The summed E-state index contributed by atoms with van der Waals surface area (Å²) in [4.78, 5) is 0. The molecule has 0 fully saturated rings. The standard InChI is InChI=1S/C16H14O2/c1-2-13(8-16-11(1)5-6-18-16)12-3-4-14-9-17-10-15(14)7-12/h1-4,7-8H,5-6,9-10H2. The Morgan fingerprint density at radius 1 is 0.778 bits per heavy atom. The Morgan fingerprint density at radius 2 is 1.56 bits per heavy atom. The van der Waals surface area contributed by atoms with Gasteiger partial charge in [0.25, 0.3) is 0 Å². The Kier molecular flexibility index (Phi) is 2.17. The van der Waals surface area contributed by atoms with Crippen LogP contribution in [0.4, 0.5) is 0 Å². The maximum absolute atomic E-state index is 5.63. The molecule has 0 aliphatic carbocycles. The molecule has 0 bridgehead atoms. The van der Waals surface area contributed by atoms with Crippen molar-refractivity contribution in [3.63, 3.8) is 0 Å². The maximum atomic E-state index is 5.63. The van der Waals surface area contributed by atoms with E-state index in [1.54, 1.807) is 0 Å². The number of benzene rings is 2. The van der Waals surface area contributed by atoms with Crippen LogP contribution in [0.2, 0.25) is 0 Å². The summed E-state index contributed by atoms with van der Waals surface area (Å²) in [6.45, 7) is 2.31. The second-order valence-electron chi connectivity index (χ2n) is 4.90. The molecule has 2 heterocycles. The highest BCUT2D eigenvalue weighted by atomic mass is 16.5. The van der Waals surface area contributed by atoms with Crippen LogP contribution in [-0.4, -0.2) is 6.61 Å². The van der Waals surface area contributed by atoms with Gasteiger partial charge in [-0.05, 0) is 39.9 Å². The Labute approximate surface area is 106 Å². The highest BCUT2D eigenvalue weighted by Crippen LogP contribution is 2.32. The average Bonchev–Trinajstić information content (AvgIpc) is 3.05. The van der Waals surface area contributed by atoms with Gasteiger partial charge in [-0.15, -0.1) is 0 Å². The molecule has 0 saturated carbocycles. The molecule has 0 aromatic heterocycles. The Hall–Kier alpha value is -1.80. The number of hydrogen-bond acceptors (Lipinski definition) is 2. The lowest BCUT2D eigenvalue weighted by Crippen LogP contribution is -1.87. The molecule has 0 saturated heterocycles. The average molecular weight is 238 g/mol. The fraction of sp³-hybridized carbons (Fsp3) is 0.250. The van der Waals surface area contributed by atoms with Crippen LogP contribution >= 0.6 is 0 Å². The lowest BCUT2D eigenvalue weighted by Gasteiger charge is -2.06. The summed E-state index contributed by atoms with van der Waals surface area (Å²) >= 11 is 0. The Balaban J connectivity index is 1.78. The number of ether oxygens (including phenoxy) is 2. The molecule has 2 aromatic carbocycles. The van der Waals surface area contributed by atoms with E-state index in [0.29, 0.717) is 0 Å². The van der Waals surface area contributed by atoms with Crippen LogP contribution in [-0.2, 0) is 24.4 Å². The van der Waals surface area contributed by atoms with E-state index >= 15 is 0 Å². The van der Waals surface area contributed by atoms with Gasteiger partial charge in [-0.25, -0.2) is 0 Å². The zero-order chi connectivity index (χ0) is 11.9. The van der Waals surface area contributed by atoms with Gasteiger partial charge in [-0.2, -0.15) is 0 Å². The van der Waals surface area contributed by atoms with Crippen molar-refractivity contribution in [2.45, 2.75) is 19.6 Å². The monoisotopic (exact) mass is 238 g/mol. The molecule has 0 N–H and O–H groups in total. The highest BCUT2D eigenvalue weighted by Gasteiger charge is 2.15. The Bertz CT molecular complexity index is 561. The van der Waals surface area contributed by atoms with E-state index in [1.807, 2.05) is 0 Å². The van der Waals surface area contributed by atoms with Crippen LogP contribution < -0.4 is 4.74 Å². The number of rotatable bonds is 1. The summed E-state index contributed by atoms with van der Waals surface area (Å²) in [6.07, 6.45) is 1.04. The molecular weight excluding hydrogens is 224 g/mol. The van der Waals surface area contributed by atoms with Crippen LogP contribution in [0.5, 0.6) is 5.75 Å². The van der Waals surface area contributed by atoms with Crippen LogP contribution in [0.3, 0.4) is 0 Å². The second kappa shape index (κ2) is 3.85. The first-order chi connectivity index (χ1) is 8.90. The second-order valence-corrected chi connectivity index (χ2v) is 4.90. The van der Waals surface area contributed by atoms with E-state index in [-0.39, 0.29) is 0 Å². The molecule has 4 rings (SSSR count). The van der Waals surface area contributed by atoms with Crippen molar-refractivity contribution in [1.29, 1.82) is 0 Å². The van der Waals surface area contributed by atoms with Crippen LogP contribution in [0.1, 0.15) is 16.7 Å². The van der Waals surface area contributed by atoms with Crippen molar-refractivity contribution >= 4 is 0 Å². The molecular formula is C16H14O2. The first kappa shape index (κ1) is 10.2. The fourth-order valence-electron chi connectivity index (χ4n) is 2.70. The number of hydrogen-bond donors (Lipinski definition) is 0. The van der Waals surface area contributed by atoms with E-state index in [9.17, 15) is 0 Å². The summed E-state index contributed by atoms with van der Waals surface area (Å²) in [5, 5.41) is 0. The fourth-order valence-corrected chi connectivity index (χ4v) is 2.70. The van der Waals surface area contributed by atoms with Crippen molar-refractivity contribution in [3.8, 4) is 16.9 Å². The van der Waals surface area contributed by atoms with Gasteiger partial charge in [0.2, 0.25) is 0 Å². The summed E-state index contributed by atoms with van der Waals surface area (Å²) in [7, 11) is 0. The van der Waals surface area contributed by atoms with Crippen molar-refractivity contribution in [1.82, 2.24) is 0 Å². The lowest BCUT2D eigenvalue weighted by atomic mass is 9.99. The van der Waals surface area contributed by atoms with Gasteiger partial charge >= 0.3 is 0 Å². The first-order valence-corrected chi connectivity index (χ1v) is 6.36. The minimum absolute atomic E-state index is 0.741. The van der Waals surface area contributed by atoms with Gasteiger partial charge in [-0.3, -0.25) is 0 Å². The molecule has 2 aliphatic heterocycles. The van der Waals surface area contributed by atoms with Crippen LogP contribution in [0.25, 0.3) is 11.1 Å². The molecule has 2 aromatic rings. The molecule has 18 heavy (non-hydrogen) atoms. The maximum Gasteiger partial charge on any atom is 0.123 e.